The van der Waals surface area contributed by atoms with E-state index in [1.165, 1.54) is 0 Å². The van der Waals surface area contributed by atoms with Crippen LogP contribution in [0.25, 0.3) is 0 Å². The molecule has 2 aliphatic rings. The molecule has 1 N–H and O–H groups in total. The maximum atomic E-state index is 13.1. The van der Waals surface area contributed by atoms with Crippen LogP contribution in [-0.2, 0) is 16.1 Å². The van der Waals surface area contributed by atoms with Crippen molar-refractivity contribution in [3.05, 3.63) is 54.1 Å². The van der Waals surface area contributed by atoms with Crippen LogP contribution in [0.2, 0.25) is 0 Å². The lowest BCUT2D eigenvalue weighted by atomic mass is 10.1. The van der Waals surface area contributed by atoms with Crippen molar-refractivity contribution in [2.24, 2.45) is 10.9 Å². The van der Waals surface area contributed by atoms with Gasteiger partial charge in [0.25, 0.3) is 0 Å². The van der Waals surface area contributed by atoms with Gasteiger partial charge in [0, 0.05) is 17.8 Å². The summed E-state index contributed by atoms with van der Waals surface area (Å²) in [5.74, 6) is 0.265. The van der Waals surface area contributed by atoms with E-state index in [0.29, 0.717) is 12.2 Å². The fourth-order valence-electron chi connectivity index (χ4n) is 3.88. The van der Waals surface area contributed by atoms with Gasteiger partial charge >= 0.3 is 0 Å². The molecule has 1 aliphatic heterocycles. The Hall–Kier alpha value is -3.15. The number of carbonyl (C=O) groups is 2. The summed E-state index contributed by atoms with van der Waals surface area (Å²) in [6.07, 6.45) is 2.61. The van der Waals surface area contributed by atoms with E-state index in [0.717, 1.165) is 42.0 Å². The molecule has 2 aromatic rings. The smallest absolute Gasteiger partial charge is 0.240 e. The van der Waals surface area contributed by atoms with E-state index in [-0.39, 0.29) is 24.3 Å². The molecule has 0 unspecified atom stereocenters. The quantitative estimate of drug-likeness (QED) is 0.870. The van der Waals surface area contributed by atoms with E-state index in [1.54, 1.807) is 12.0 Å². The Morgan fingerprint density at radius 1 is 1.21 bits per heavy atom. The molecule has 0 aromatic heterocycles. The molecule has 1 saturated carbocycles. The van der Waals surface area contributed by atoms with Crippen LogP contribution in [0.5, 0.6) is 5.75 Å². The number of nitrogens with zero attached hydrogens (tertiary/aromatic N) is 2. The van der Waals surface area contributed by atoms with Crippen molar-refractivity contribution in [1.29, 1.82) is 0 Å². The molecule has 6 heteroatoms. The summed E-state index contributed by atoms with van der Waals surface area (Å²) >= 11 is 0. The van der Waals surface area contributed by atoms with Crippen LogP contribution in [0.1, 0.15) is 24.8 Å². The van der Waals surface area contributed by atoms with Gasteiger partial charge in [0.15, 0.2) is 0 Å². The number of aliphatic imine (C=N–C) groups is 1. The molecule has 0 bridgehead atoms. The van der Waals surface area contributed by atoms with Gasteiger partial charge in [-0.25, -0.2) is 0 Å². The second-order valence-corrected chi connectivity index (χ2v) is 7.05. The number of carbonyl (C=O) groups excluding carboxylic acids is 2. The van der Waals surface area contributed by atoms with Crippen molar-refractivity contribution in [3.63, 3.8) is 0 Å². The van der Waals surface area contributed by atoms with Crippen LogP contribution in [-0.4, -0.2) is 31.2 Å². The maximum Gasteiger partial charge on any atom is 0.240 e. The monoisotopic (exact) mass is 377 g/mol. The van der Waals surface area contributed by atoms with E-state index in [1.807, 2.05) is 48.5 Å². The molecular weight excluding hydrogens is 354 g/mol. The lowest BCUT2D eigenvalue weighted by Crippen LogP contribution is -2.43. The van der Waals surface area contributed by atoms with Crippen molar-refractivity contribution < 1.29 is 14.3 Å². The average Bonchev–Trinajstić information content (AvgIpc) is 3.15. The van der Waals surface area contributed by atoms with Crippen molar-refractivity contribution in [3.8, 4) is 5.75 Å². The minimum absolute atomic E-state index is 0.0235. The largest absolute Gasteiger partial charge is 0.496 e. The highest BCUT2D eigenvalue weighted by molar-refractivity contribution is 6.16. The van der Waals surface area contributed by atoms with Gasteiger partial charge in [0.05, 0.1) is 24.4 Å². The second kappa shape index (κ2) is 7.84. The summed E-state index contributed by atoms with van der Waals surface area (Å²) < 4.78 is 5.32. The fourth-order valence-corrected chi connectivity index (χ4v) is 3.88. The van der Waals surface area contributed by atoms with Crippen molar-refractivity contribution in [2.75, 3.05) is 18.6 Å². The molecule has 1 fully saturated rings. The van der Waals surface area contributed by atoms with Gasteiger partial charge in [-0.2, -0.15) is 0 Å². The second-order valence-electron chi connectivity index (χ2n) is 7.05. The SMILES string of the molecule is COc1ccccc1CNC(=O)CN1C(=O)[C@@H]2CCCC2=Nc2ccccc21. The highest BCUT2D eigenvalue weighted by Gasteiger charge is 2.36. The number of amides is 2. The zero-order chi connectivity index (χ0) is 19.5. The van der Waals surface area contributed by atoms with Crippen LogP contribution in [0.15, 0.2) is 53.5 Å². The minimum atomic E-state index is -0.214. The number of rotatable bonds is 5. The van der Waals surface area contributed by atoms with Crippen LogP contribution < -0.4 is 15.0 Å². The molecule has 28 heavy (non-hydrogen) atoms. The normalized spacial score (nSPS) is 18.0. The first-order valence-electron chi connectivity index (χ1n) is 9.54. The van der Waals surface area contributed by atoms with Crippen molar-refractivity contribution in [2.45, 2.75) is 25.8 Å². The number of anilines is 1. The first kappa shape index (κ1) is 18.2. The van der Waals surface area contributed by atoms with Gasteiger partial charge < -0.3 is 15.0 Å². The number of nitrogens with one attached hydrogen (secondary N) is 1. The van der Waals surface area contributed by atoms with E-state index in [4.69, 9.17) is 9.73 Å². The number of hydrogen-bond donors (Lipinski definition) is 1. The standard InChI is InChI=1S/C22H23N3O3/c1-28-20-12-5-2-7-15(20)13-23-21(26)14-25-19-11-4-3-9-18(19)24-17-10-6-8-16(17)22(25)27/h2-5,7,9,11-12,16H,6,8,10,13-14H2,1H3,(H,23,26)/t16-/m1/s1. The first-order chi connectivity index (χ1) is 13.7. The number of methoxy groups -OCH3 is 1. The Labute approximate surface area is 164 Å². The Morgan fingerprint density at radius 2 is 2.00 bits per heavy atom. The van der Waals surface area contributed by atoms with Gasteiger partial charge in [-0.1, -0.05) is 30.3 Å². The molecule has 1 heterocycles. The summed E-state index contributed by atoms with van der Waals surface area (Å²) in [6.45, 7) is 0.321. The number of para-hydroxylation sites is 3. The zero-order valence-corrected chi connectivity index (χ0v) is 15.9. The van der Waals surface area contributed by atoms with Gasteiger partial charge in [-0.15, -0.1) is 0 Å². The predicted octanol–water partition coefficient (Wildman–Crippen LogP) is 3.23. The highest BCUT2D eigenvalue weighted by Crippen LogP contribution is 2.37. The Balaban J connectivity index is 1.52. The summed E-state index contributed by atoms with van der Waals surface area (Å²) in [4.78, 5) is 32.1. The third-order valence-corrected chi connectivity index (χ3v) is 5.30. The van der Waals surface area contributed by atoms with Crippen LogP contribution in [0.3, 0.4) is 0 Å². The maximum absolute atomic E-state index is 13.1. The molecule has 6 nitrogen and oxygen atoms in total. The molecular formula is C22H23N3O3. The molecule has 144 valence electrons. The average molecular weight is 377 g/mol. The molecule has 1 atom stereocenters. The molecule has 2 amide bonds. The summed E-state index contributed by atoms with van der Waals surface area (Å²) in [5, 5.41) is 2.90. The number of ether oxygens (including phenoxy) is 1. The van der Waals surface area contributed by atoms with Gasteiger partial charge in [-0.3, -0.25) is 14.6 Å². The fraction of sp³-hybridized carbons (Fsp3) is 0.318. The van der Waals surface area contributed by atoms with Crippen LogP contribution >= 0.6 is 0 Å². The lowest BCUT2D eigenvalue weighted by Gasteiger charge is -2.24. The lowest BCUT2D eigenvalue weighted by molar-refractivity contribution is -0.124. The van der Waals surface area contributed by atoms with Crippen molar-refractivity contribution >= 4 is 28.9 Å². The van der Waals surface area contributed by atoms with E-state index >= 15 is 0 Å². The molecule has 4 rings (SSSR count). The minimum Gasteiger partial charge on any atom is -0.496 e. The summed E-state index contributed by atoms with van der Waals surface area (Å²) in [6, 6.07) is 15.1. The Bertz CT molecular complexity index is 938. The number of hydrogen-bond acceptors (Lipinski definition) is 4. The van der Waals surface area contributed by atoms with Crippen LogP contribution in [0, 0.1) is 5.92 Å². The highest BCUT2D eigenvalue weighted by atomic mass is 16.5. The van der Waals surface area contributed by atoms with Gasteiger partial charge in [0.2, 0.25) is 11.8 Å². The van der Waals surface area contributed by atoms with Crippen molar-refractivity contribution in [1.82, 2.24) is 5.32 Å². The summed E-state index contributed by atoms with van der Waals surface area (Å²) in [5.41, 5.74) is 3.28. The third kappa shape index (κ3) is 3.50. The molecule has 0 spiro atoms. The Morgan fingerprint density at radius 3 is 2.86 bits per heavy atom. The molecule has 0 saturated heterocycles. The van der Waals surface area contributed by atoms with E-state index in [9.17, 15) is 9.59 Å². The van der Waals surface area contributed by atoms with Gasteiger partial charge in [0.1, 0.15) is 12.3 Å². The molecule has 0 radical (unpaired) electrons. The topological polar surface area (TPSA) is 71.0 Å². The zero-order valence-electron chi connectivity index (χ0n) is 15.9. The van der Waals surface area contributed by atoms with E-state index < -0.39 is 0 Å². The first-order valence-corrected chi connectivity index (χ1v) is 9.54. The van der Waals surface area contributed by atoms with Crippen LogP contribution in [0.4, 0.5) is 11.4 Å². The number of fused-ring (bicyclic) bond motifs is 2. The third-order valence-electron chi connectivity index (χ3n) is 5.30. The summed E-state index contributed by atoms with van der Waals surface area (Å²) in [7, 11) is 1.60. The predicted molar refractivity (Wildman–Crippen MR) is 108 cm³/mol. The molecule has 1 aliphatic carbocycles. The molecule has 2 aromatic carbocycles. The van der Waals surface area contributed by atoms with Gasteiger partial charge in [-0.05, 0) is 37.5 Å². The van der Waals surface area contributed by atoms with E-state index in [2.05, 4.69) is 5.32 Å². The number of benzene rings is 2. The Kier molecular flexibility index (Phi) is 5.10.